The maximum Gasteiger partial charge on any atom is 0.234 e. The summed E-state index contributed by atoms with van der Waals surface area (Å²) in [6.07, 6.45) is 9.18. The second-order valence-electron chi connectivity index (χ2n) is 7.07. The number of thioether (sulfide) groups is 1. The van der Waals surface area contributed by atoms with Crippen molar-refractivity contribution in [3.63, 3.8) is 0 Å². The topological polar surface area (TPSA) is 64.4 Å². The van der Waals surface area contributed by atoms with Crippen LogP contribution in [0.15, 0.2) is 35.4 Å². The Morgan fingerprint density at radius 1 is 1.27 bits per heavy atom. The first-order chi connectivity index (χ1) is 12.4. The monoisotopic (exact) mass is 391 g/mol. The first-order valence-corrected chi connectivity index (χ1v) is 11.7. The molecule has 1 aromatic carbocycles. The minimum Gasteiger partial charge on any atom is -0.342 e. The van der Waals surface area contributed by atoms with Gasteiger partial charge in [-0.05, 0) is 43.5 Å². The molecule has 1 aliphatic carbocycles. The Balaban J connectivity index is 1.87. The van der Waals surface area contributed by atoms with Crippen LogP contribution in [0.25, 0.3) is 0 Å². The molecule has 1 saturated carbocycles. The zero-order valence-corrected chi connectivity index (χ0v) is 16.9. The fourth-order valence-corrected chi connectivity index (χ4v) is 6.15. The molecule has 0 N–H and O–H groups in total. The summed E-state index contributed by atoms with van der Waals surface area (Å²) in [6, 6.07) is 9.56. The maximum atomic E-state index is 12.3. The van der Waals surface area contributed by atoms with Gasteiger partial charge in [0.15, 0.2) is 5.50 Å². The molecule has 0 spiro atoms. The van der Waals surface area contributed by atoms with Gasteiger partial charge in [-0.3, -0.25) is 0 Å². The van der Waals surface area contributed by atoms with E-state index in [9.17, 15) is 8.42 Å². The molecular formula is C19H25N3O2S2. The third kappa shape index (κ3) is 4.36. The van der Waals surface area contributed by atoms with Crippen LogP contribution in [0, 0.1) is 17.2 Å². The Labute approximate surface area is 160 Å². The summed E-state index contributed by atoms with van der Waals surface area (Å²) < 4.78 is 26.0. The van der Waals surface area contributed by atoms with Crippen molar-refractivity contribution in [2.45, 2.75) is 44.5 Å². The second kappa shape index (κ2) is 7.93. The summed E-state index contributed by atoms with van der Waals surface area (Å²) in [7, 11) is -3.35. The highest BCUT2D eigenvalue weighted by Gasteiger charge is 2.35. The average molecular weight is 392 g/mol. The summed E-state index contributed by atoms with van der Waals surface area (Å²) in [4.78, 5) is 3.15. The minimum absolute atomic E-state index is 0.306. The van der Waals surface area contributed by atoms with E-state index in [4.69, 9.17) is 5.26 Å². The van der Waals surface area contributed by atoms with Gasteiger partial charge in [0.05, 0.1) is 17.9 Å². The van der Waals surface area contributed by atoms with Crippen molar-refractivity contribution in [2.75, 3.05) is 17.7 Å². The van der Waals surface area contributed by atoms with E-state index >= 15 is 0 Å². The molecule has 140 valence electrons. The quantitative estimate of drug-likeness (QED) is 0.730. The van der Waals surface area contributed by atoms with Crippen LogP contribution in [0.5, 0.6) is 0 Å². The van der Waals surface area contributed by atoms with Gasteiger partial charge in [-0.25, -0.2) is 12.7 Å². The Morgan fingerprint density at radius 3 is 2.50 bits per heavy atom. The minimum atomic E-state index is -3.35. The first-order valence-electron chi connectivity index (χ1n) is 8.99. The van der Waals surface area contributed by atoms with Gasteiger partial charge in [-0.2, -0.15) is 5.26 Å². The molecule has 26 heavy (non-hydrogen) atoms. The molecule has 5 nitrogen and oxygen atoms in total. The molecule has 1 atom stereocenters. The normalized spacial score (nSPS) is 20.9. The van der Waals surface area contributed by atoms with Gasteiger partial charge in [0.2, 0.25) is 10.0 Å². The van der Waals surface area contributed by atoms with Crippen molar-refractivity contribution in [3.05, 3.63) is 40.9 Å². The zero-order valence-electron chi connectivity index (χ0n) is 15.3. The summed E-state index contributed by atoms with van der Waals surface area (Å²) in [5, 5.41) is 9.05. The van der Waals surface area contributed by atoms with E-state index < -0.39 is 10.0 Å². The van der Waals surface area contributed by atoms with E-state index in [1.807, 2.05) is 19.1 Å². The summed E-state index contributed by atoms with van der Waals surface area (Å²) in [6.45, 7) is 2.75. The molecule has 1 heterocycles. The summed E-state index contributed by atoms with van der Waals surface area (Å²) in [5.41, 5.74) is 1.26. The lowest BCUT2D eigenvalue weighted by Gasteiger charge is -2.36. The number of anilines is 1. The molecule has 0 amide bonds. The van der Waals surface area contributed by atoms with Crippen molar-refractivity contribution >= 4 is 27.5 Å². The van der Waals surface area contributed by atoms with Crippen LogP contribution in [0.2, 0.25) is 0 Å². The van der Waals surface area contributed by atoms with Gasteiger partial charge in [0.25, 0.3) is 0 Å². The van der Waals surface area contributed by atoms with E-state index in [1.54, 1.807) is 30.1 Å². The molecule has 3 rings (SSSR count). The third-order valence-electron chi connectivity index (χ3n) is 5.05. The number of sulfonamides is 1. The fraction of sp³-hybridized carbons (Fsp3) is 0.526. The van der Waals surface area contributed by atoms with Crippen LogP contribution in [0.4, 0.5) is 5.69 Å². The third-order valence-corrected chi connectivity index (χ3v) is 7.42. The standard InChI is InChI=1S/C19H25N3O2S2/c1-15-14-22(26(2,23)24)19(25-15)21(12-11-16-5-3-4-6-16)18-9-7-17(13-20)8-10-18/h7-10,14,16,19H,3-6,11-12H2,1-2H3. The fourth-order valence-electron chi connectivity index (χ4n) is 3.67. The lowest BCUT2D eigenvalue weighted by Crippen LogP contribution is -2.45. The number of nitriles is 1. The molecule has 0 radical (unpaired) electrons. The Kier molecular flexibility index (Phi) is 5.83. The number of allylic oxidation sites excluding steroid dienone is 1. The van der Waals surface area contributed by atoms with Crippen LogP contribution in [0.3, 0.4) is 0 Å². The number of hydrogen-bond donors (Lipinski definition) is 0. The molecule has 7 heteroatoms. The van der Waals surface area contributed by atoms with Gasteiger partial charge in [-0.1, -0.05) is 37.4 Å². The first kappa shape index (κ1) is 19.1. The molecule has 1 fully saturated rings. The smallest absolute Gasteiger partial charge is 0.234 e. The maximum absolute atomic E-state index is 12.3. The predicted octanol–water partition coefficient (Wildman–Crippen LogP) is 4.10. The summed E-state index contributed by atoms with van der Waals surface area (Å²) >= 11 is 1.56. The van der Waals surface area contributed by atoms with E-state index in [-0.39, 0.29) is 5.50 Å². The number of rotatable bonds is 6. The Morgan fingerprint density at radius 2 is 1.92 bits per heavy atom. The molecule has 2 aliphatic rings. The van der Waals surface area contributed by atoms with Crippen molar-refractivity contribution < 1.29 is 8.42 Å². The second-order valence-corrected chi connectivity index (χ2v) is 10.3. The highest BCUT2D eigenvalue weighted by Crippen LogP contribution is 2.39. The van der Waals surface area contributed by atoms with Gasteiger partial charge in [0, 0.05) is 23.3 Å². The Bertz CT molecular complexity index is 806. The molecule has 0 aromatic heterocycles. The average Bonchev–Trinajstić information content (AvgIpc) is 3.25. The van der Waals surface area contributed by atoms with Crippen molar-refractivity contribution in [3.8, 4) is 6.07 Å². The molecule has 0 saturated heterocycles. The SMILES string of the molecule is CC1=CN(S(C)(=O)=O)C(N(CCC2CCCC2)c2ccc(C#N)cc2)S1. The molecule has 1 aliphatic heterocycles. The van der Waals surface area contributed by atoms with Gasteiger partial charge in [-0.15, -0.1) is 0 Å². The highest BCUT2D eigenvalue weighted by atomic mass is 32.2. The summed E-state index contributed by atoms with van der Waals surface area (Å²) in [5.74, 6) is 0.725. The van der Waals surface area contributed by atoms with Gasteiger partial charge >= 0.3 is 0 Å². The number of benzene rings is 1. The van der Waals surface area contributed by atoms with E-state index in [0.717, 1.165) is 29.5 Å². The number of nitrogens with zero attached hydrogens (tertiary/aromatic N) is 3. The number of hydrogen-bond acceptors (Lipinski definition) is 5. The van der Waals surface area contributed by atoms with E-state index in [0.29, 0.717) is 5.56 Å². The van der Waals surface area contributed by atoms with Gasteiger partial charge < -0.3 is 4.90 Å². The molecule has 1 unspecified atom stereocenters. The van der Waals surface area contributed by atoms with E-state index in [1.165, 1.54) is 36.2 Å². The molecule has 0 bridgehead atoms. The predicted molar refractivity (Wildman–Crippen MR) is 107 cm³/mol. The molecule has 1 aromatic rings. The van der Waals surface area contributed by atoms with Gasteiger partial charge in [0.1, 0.15) is 0 Å². The van der Waals surface area contributed by atoms with Crippen LogP contribution in [-0.4, -0.2) is 31.0 Å². The van der Waals surface area contributed by atoms with E-state index in [2.05, 4.69) is 11.0 Å². The largest absolute Gasteiger partial charge is 0.342 e. The van der Waals surface area contributed by atoms with Crippen molar-refractivity contribution in [2.24, 2.45) is 5.92 Å². The Hall–Kier alpha value is -1.65. The van der Waals surface area contributed by atoms with Crippen LogP contribution < -0.4 is 4.90 Å². The van der Waals surface area contributed by atoms with Crippen molar-refractivity contribution in [1.82, 2.24) is 4.31 Å². The van der Waals surface area contributed by atoms with Crippen LogP contribution >= 0.6 is 11.8 Å². The van der Waals surface area contributed by atoms with Crippen molar-refractivity contribution in [1.29, 1.82) is 5.26 Å². The van der Waals surface area contributed by atoms with Crippen LogP contribution in [-0.2, 0) is 10.0 Å². The van der Waals surface area contributed by atoms with Crippen LogP contribution in [0.1, 0.15) is 44.6 Å². The molecular weight excluding hydrogens is 366 g/mol. The lowest BCUT2D eigenvalue weighted by atomic mass is 10.0. The zero-order chi connectivity index (χ0) is 18.7. The lowest BCUT2D eigenvalue weighted by molar-refractivity contribution is 0.447. The highest BCUT2D eigenvalue weighted by molar-refractivity contribution is 8.04.